The van der Waals surface area contributed by atoms with Crippen molar-refractivity contribution in [1.82, 2.24) is 19.9 Å². The lowest BCUT2D eigenvalue weighted by atomic mass is 10.3. The Hall–Kier alpha value is -2.96. The number of aromatic nitrogens is 3. The number of carbonyl (C=O) groups excluding carboxylic acids is 2. The van der Waals surface area contributed by atoms with Gasteiger partial charge in [0.2, 0.25) is 11.7 Å². The summed E-state index contributed by atoms with van der Waals surface area (Å²) in [6.45, 7) is 1.35. The third-order valence-electron chi connectivity index (χ3n) is 2.65. The Bertz CT molecular complexity index is 704. The standard InChI is InChI=1S/C15H17N5O2/c1-11(21)16-15-14(13(22)9-10-19(2)3)17-20(18-15)12-7-5-4-6-8-12/h4-10H,1-3H3,(H,16,18,21). The summed E-state index contributed by atoms with van der Waals surface area (Å²) in [5.74, 6) is -0.504. The molecule has 1 amide bonds. The molecule has 22 heavy (non-hydrogen) atoms. The van der Waals surface area contributed by atoms with Crippen molar-refractivity contribution in [3.8, 4) is 5.69 Å². The largest absolute Gasteiger partial charge is 0.383 e. The number of nitrogens with zero attached hydrogens (tertiary/aromatic N) is 4. The van der Waals surface area contributed by atoms with Gasteiger partial charge in [-0.3, -0.25) is 9.59 Å². The van der Waals surface area contributed by atoms with Crippen LogP contribution in [0.2, 0.25) is 0 Å². The van der Waals surface area contributed by atoms with Crippen molar-refractivity contribution in [2.45, 2.75) is 6.92 Å². The molecule has 0 atom stereocenters. The minimum atomic E-state index is -0.334. The molecule has 0 bridgehead atoms. The van der Waals surface area contributed by atoms with Gasteiger partial charge < -0.3 is 10.2 Å². The number of amides is 1. The highest BCUT2D eigenvalue weighted by Gasteiger charge is 2.18. The van der Waals surface area contributed by atoms with Gasteiger partial charge >= 0.3 is 0 Å². The van der Waals surface area contributed by atoms with Gasteiger partial charge in [-0.15, -0.1) is 15.0 Å². The van der Waals surface area contributed by atoms with E-state index in [-0.39, 0.29) is 23.2 Å². The molecule has 114 valence electrons. The highest BCUT2D eigenvalue weighted by molar-refractivity contribution is 6.08. The highest BCUT2D eigenvalue weighted by Crippen LogP contribution is 2.14. The Morgan fingerprint density at radius 3 is 2.45 bits per heavy atom. The number of hydrogen-bond acceptors (Lipinski definition) is 5. The number of nitrogens with one attached hydrogen (secondary N) is 1. The molecule has 7 heteroatoms. The van der Waals surface area contributed by atoms with E-state index in [4.69, 9.17) is 0 Å². The van der Waals surface area contributed by atoms with E-state index in [1.807, 2.05) is 30.3 Å². The Labute approximate surface area is 128 Å². The van der Waals surface area contributed by atoms with Crippen molar-refractivity contribution in [2.24, 2.45) is 0 Å². The van der Waals surface area contributed by atoms with E-state index in [0.717, 1.165) is 0 Å². The molecule has 0 aliphatic carbocycles. The van der Waals surface area contributed by atoms with Crippen molar-refractivity contribution in [1.29, 1.82) is 0 Å². The van der Waals surface area contributed by atoms with E-state index in [2.05, 4.69) is 15.5 Å². The zero-order valence-corrected chi connectivity index (χ0v) is 12.6. The summed E-state index contributed by atoms with van der Waals surface area (Å²) in [4.78, 5) is 26.5. The van der Waals surface area contributed by atoms with Gasteiger partial charge in [-0.05, 0) is 12.1 Å². The van der Waals surface area contributed by atoms with Crippen LogP contribution in [0.4, 0.5) is 5.82 Å². The molecule has 0 aliphatic rings. The number of para-hydroxylation sites is 1. The molecular weight excluding hydrogens is 282 g/mol. The third kappa shape index (κ3) is 3.78. The van der Waals surface area contributed by atoms with E-state index in [1.54, 1.807) is 25.2 Å². The zero-order chi connectivity index (χ0) is 16.1. The summed E-state index contributed by atoms with van der Waals surface area (Å²) >= 11 is 0. The first-order chi connectivity index (χ1) is 10.5. The van der Waals surface area contributed by atoms with Crippen LogP contribution in [-0.2, 0) is 4.79 Å². The molecule has 1 heterocycles. The van der Waals surface area contributed by atoms with Crippen LogP contribution in [0.3, 0.4) is 0 Å². The zero-order valence-electron chi connectivity index (χ0n) is 12.6. The van der Waals surface area contributed by atoms with Gasteiger partial charge in [-0.2, -0.15) is 0 Å². The smallest absolute Gasteiger partial charge is 0.222 e. The second kappa shape index (κ2) is 6.66. The van der Waals surface area contributed by atoms with Crippen LogP contribution in [0, 0.1) is 0 Å². The summed E-state index contributed by atoms with van der Waals surface area (Å²) in [6.07, 6.45) is 2.99. The molecule has 1 aromatic heterocycles. The maximum Gasteiger partial charge on any atom is 0.222 e. The van der Waals surface area contributed by atoms with Gasteiger partial charge in [0.1, 0.15) is 0 Å². The fourth-order valence-electron chi connectivity index (χ4n) is 1.70. The van der Waals surface area contributed by atoms with Crippen LogP contribution in [-0.4, -0.2) is 45.7 Å². The van der Waals surface area contributed by atoms with Crippen molar-refractivity contribution < 1.29 is 9.59 Å². The lowest BCUT2D eigenvalue weighted by Gasteiger charge is -2.02. The highest BCUT2D eigenvalue weighted by atomic mass is 16.1. The van der Waals surface area contributed by atoms with Crippen LogP contribution in [0.5, 0.6) is 0 Å². The van der Waals surface area contributed by atoms with E-state index in [0.29, 0.717) is 5.69 Å². The Kier molecular flexibility index (Phi) is 4.67. The topological polar surface area (TPSA) is 80.1 Å². The predicted octanol–water partition coefficient (Wildman–Crippen LogP) is 1.48. The van der Waals surface area contributed by atoms with Gasteiger partial charge in [0.15, 0.2) is 11.5 Å². The maximum atomic E-state index is 12.2. The number of benzene rings is 1. The van der Waals surface area contributed by atoms with Crippen molar-refractivity contribution in [3.05, 3.63) is 48.3 Å². The van der Waals surface area contributed by atoms with E-state index < -0.39 is 0 Å². The number of anilines is 1. The molecule has 0 fully saturated rings. The number of rotatable bonds is 5. The molecule has 0 aliphatic heterocycles. The van der Waals surface area contributed by atoms with E-state index in [1.165, 1.54) is 17.8 Å². The first-order valence-electron chi connectivity index (χ1n) is 6.66. The van der Waals surface area contributed by atoms with Crippen LogP contribution in [0.1, 0.15) is 17.4 Å². The maximum absolute atomic E-state index is 12.2. The third-order valence-corrected chi connectivity index (χ3v) is 2.65. The fourth-order valence-corrected chi connectivity index (χ4v) is 1.70. The van der Waals surface area contributed by atoms with Gasteiger partial charge in [0, 0.05) is 33.3 Å². The molecule has 1 N–H and O–H groups in total. The Balaban J connectivity index is 2.40. The number of allylic oxidation sites excluding steroid dienone is 1. The van der Waals surface area contributed by atoms with Gasteiger partial charge in [-0.1, -0.05) is 18.2 Å². The lowest BCUT2D eigenvalue weighted by Crippen LogP contribution is -2.10. The molecule has 0 radical (unpaired) electrons. The molecule has 0 unspecified atom stereocenters. The molecule has 7 nitrogen and oxygen atoms in total. The normalized spacial score (nSPS) is 10.7. The lowest BCUT2D eigenvalue weighted by molar-refractivity contribution is -0.114. The molecular formula is C15H17N5O2. The first-order valence-corrected chi connectivity index (χ1v) is 6.66. The summed E-state index contributed by atoms with van der Waals surface area (Å²) in [6, 6.07) is 9.16. The molecule has 2 rings (SSSR count). The van der Waals surface area contributed by atoms with Crippen LogP contribution >= 0.6 is 0 Å². The quantitative estimate of drug-likeness (QED) is 0.668. The predicted molar refractivity (Wildman–Crippen MR) is 82.8 cm³/mol. The SMILES string of the molecule is CC(=O)Nc1nn(-c2ccccc2)nc1C(=O)C=CN(C)C. The average Bonchev–Trinajstić information content (AvgIpc) is 2.89. The second-order valence-electron chi connectivity index (χ2n) is 4.85. The average molecular weight is 299 g/mol. The van der Waals surface area contributed by atoms with Gasteiger partial charge in [-0.25, -0.2) is 0 Å². The monoisotopic (exact) mass is 299 g/mol. The van der Waals surface area contributed by atoms with Crippen molar-refractivity contribution >= 4 is 17.5 Å². The van der Waals surface area contributed by atoms with Crippen molar-refractivity contribution in [3.63, 3.8) is 0 Å². The van der Waals surface area contributed by atoms with Crippen LogP contribution < -0.4 is 5.32 Å². The van der Waals surface area contributed by atoms with Crippen LogP contribution in [0.15, 0.2) is 42.6 Å². The molecule has 0 spiro atoms. The first kappa shape index (κ1) is 15.4. The Morgan fingerprint density at radius 2 is 1.86 bits per heavy atom. The van der Waals surface area contributed by atoms with Crippen LogP contribution in [0.25, 0.3) is 5.69 Å². The number of hydrogen-bond donors (Lipinski definition) is 1. The molecule has 1 aromatic carbocycles. The van der Waals surface area contributed by atoms with Gasteiger partial charge in [0.05, 0.1) is 5.69 Å². The summed E-state index contributed by atoms with van der Waals surface area (Å²) < 4.78 is 0. The van der Waals surface area contributed by atoms with Gasteiger partial charge in [0.25, 0.3) is 0 Å². The van der Waals surface area contributed by atoms with Crippen molar-refractivity contribution in [2.75, 3.05) is 19.4 Å². The summed E-state index contributed by atoms with van der Waals surface area (Å²) in [5, 5.41) is 10.9. The number of carbonyl (C=O) groups is 2. The number of ketones is 1. The van der Waals surface area contributed by atoms with E-state index in [9.17, 15) is 9.59 Å². The molecule has 0 saturated heterocycles. The molecule has 2 aromatic rings. The summed E-state index contributed by atoms with van der Waals surface area (Å²) in [5.41, 5.74) is 0.793. The Morgan fingerprint density at radius 1 is 1.18 bits per heavy atom. The second-order valence-corrected chi connectivity index (χ2v) is 4.85. The summed E-state index contributed by atoms with van der Waals surface area (Å²) in [7, 11) is 3.61. The minimum Gasteiger partial charge on any atom is -0.383 e. The van der Waals surface area contributed by atoms with E-state index >= 15 is 0 Å². The molecule has 0 saturated carbocycles. The minimum absolute atomic E-state index is 0.0946. The fraction of sp³-hybridized carbons (Fsp3) is 0.200.